The molecule has 0 fully saturated rings. The number of hydrogen-bond donors (Lipinski definition) is 2. The SMILES string of the molecule is Cc1cccc2c1N(C(=O)O)CCN2c1cc2cnc(Nc3cc4c(cc3F)CCN(C)C4)nc2n(C)c1=O. The van der Waals surface area contributed by atoms with Gasteiger partial charge in [0.05, 0.1) is 17.1 Å². The maximum absolute atomic E-state index is 14.9. The number of aromatic nitrogens is 3. The molecular formula is C28H28FN7O3. The van der Waals surface area contributed by atoms with E-state index < -0.39 is 6.09 Å². The van der Waals surface area contributed by atoms with Crippen molar-refractivity contribution in [1.29, 1.82) is 0 Å². The van der Waals surface area contributed by atoms with Crippen LogP contribution in [0.4, 0.5) is 37.9 Å². The third-order valence-electron chi connectivity index (χ3n) is 7.51. The molecule has 2 aliphatic rings. The zero-order chi connectivity index (χ0) is 27.4. The van der Waals surface area contributed by atoms with Crippen LogP contribution in [0.15, 0.2) is 47.4 Å². The summed E-state index contributed by atoms with van der Waals surface area (Å²) in [5.41, 5.74) is 4.87. The van der Waals surface area contributed by atoms with Gasteiger partial charge in [0.15, 0.2) is 0 Å². The number of halogens is 1. The Kier molecular flexibility index (Phi) is 5.95. The lowest BCUT2D eigenvalue weighted by molar-refractivity contribution is 0.201. The highest BCUT2D eigenvalue weighted by molar-refractivity contribution is 5.96. The van der Waals surface area contributed by atoms with Gasteiger partial charge < -0.3 is 20.2 Å². The molecule has 2 aromatic heterocycles. The molecule has 0 saturated carbocycles. The molecule has 4 aromatic rings. The topological polar surface area (TPSA) is 107 Å². The number of likely N-dealkylation sites (N-methyl/N-ethyl adjacent to an activating group) is 1. The quantitative estimate of drug-likeness (QED) is 0.408. The minimum Gasteiger partial charge on any atom is -0.465 e. The van der Waals surface area contributed by atoms with Crippen molar-refractivity contribution in [3.8, 4) is 0 Å². The molecule has 10 nitrogen and oxygen atoms in total. The molecule has 200 valence electrons. The van der Waals surface area contributed by atoms with E-state index in [-0.39, 0.29) is 29.6 Å². The molecule has 11 heteroatoms. The average molecular weight is 530 g/mol. The van der Waals surface area contributed by atoms with Crippen molar-refractivity contribution in [3.63, 3.8) is 0 Å². The molecule has 0 radical (unpaired) electrons. The van der Waals surface area contributed by atoms with Crippen LogP contribution >= 0.6 is 0 Å². The smallest absolute Gasteiger partial charge is 0.411 e. The monoisotopic (exact) mass is 529 g/mol. The van der Waals surface area contributed by atoms with Crippen LogP contribution in [0.2, 0.25) is 0 Å². The molecule has 0 aliphatic carbocycles. The Morgan fingerprint density at radius 1 is 1.08 bits per heavy atom. The van der Waals surface area contributed by atoms with E-state index in [9.17, 15) is 19.1 Å². The Bertz CT molecular complexity index is 1700. The summed E-state index contributed by atoms with van der Waals surface area (Å²) in [7, 11) is 3.66. The highest BCUT2D eigenvalue weighted by atomic mass is 19.1. The van der Waals surface area contributed by atoms with Crippen LogP contribution < -0.4 is 20.7 Å². The van der Waals surface area contributed by atoms with E-state index in [1.54, 1.807) is 31.4 Å². The number of rotatable bonds is 3. The molecule has 0 bridgehead atoms. The van der Waals surface area contributed by atoms with Crippen LogP contribution in [0.3, 0.4) is 0 Å². The van der Waals surface area contributed by atoms with Gasteiger partial charge in [0.2, 0.25) is 5.95 Å². The zero-order valence-corrected chi connectivity index (χ0v) is 21.9. The summed E-state index contributed by atoms with van der Waals surface area (Å²) in [6, 6.07) is 10.6. The standard InChI is InChI=1S/C28H28FN7O3/c1-16-5-4-6-22-24(16)36(28(38)39)10-9-35(22)23-13-18-14-30-27(32-25(18)34(3)26(23)37)31-21-12-19-15-33(2)8-7-17(19)11-20(21)29/h4-6,11-14H,7-10,15H2,1-3H3,(H,38,39)(H,30,31,32). The minimum atomic E-state index is -1.03. The molecule has 2 aliphatic heterocycles. The van der Waals surface area contributed by atoms with Crippen LogP contribution in [0.25, 0.3) is 11.0 Å². The van der Waals surface area contributed by atoms with Crippen molar-refractivity contribution >= 4 is 45.8 Å². The van der Waals surface area contributed by atoms with Crippen molar-refractivity contribution in [1.82, 2.24) is 19.4 Å². The number of nitrogens with one attached hydrogen (secondary N) is 1. The van der Waals surface area contributed by atoms with Gasteiger partial charge in [0.1, 0.15) is 17.2 Å². The zero-order valence-electron chi connectivity index (χ0n) is 21.9. The number of amides is 1. The third-order valence-corrected chi connectivity index (χ3v) is 7.51. The van der Waals surface area contributed by atoms with Gasteiger partial charge in [-0.2, -0.15) is 4.98 Å². The molecule has 2 N–H and O–H groups in total. The number of hydrogen-bond acceptors (Lipinski definition) is 7. The van der Waals surface area contributed by atoms with Gasteiger partial charge in [-0.1, -0.05) is 12.1 Å². The molecule has 6 rings (SSSR count). The molecule has 0 unspecified atom stereocenters. The summed E-state index contributed by atoms with van der Waals surface area (Å²) in [5, 5.41) is 13.3. The van der Waals surface area contributed by atoms with Gasteiger partial charge in [-0.05, 0) is 61.3 Å². The van der Waals surface area contributed by atoms with E-state index in [0.29, 0.717) is 34.6 Å². The summed E-state index contributed by atoms with van der Waals surface area (Å²) in [4.78, 5) is 39.7. The van der Waals surface area contributed by atoms with Crippen LogP contribution in [0.5, 0.6) is 0 Å². The molecule has 4 heterocycles. The van der Waals surface area contributed by atoms with Crippen LogP contribution in [0.1, 0.15) is 16.7 Å². The first kappa shape index (κ1) is 24.8. The molecular weight excluding hydrogens is 501 g/mol. The number of nitrogens with zero attached hydrogens (tertiary/aromatic N) is 6. The van der Waals surface area contributed by atoms with E-state index in [4.69, 9.17) is 0 Å². The van der Waals surface area contributed by atoms with Crippen molar-refractivity contribution in [2.24, 2.45) is 7.05 Å². The predicted molar refractivity (Wildman–Crippen MR) is 148 cm³/mol. The number of aryl methyl sites for hydroxylation is 2. The van der Waals surface area contributed by atoms with Gasteiger partial charge in [0, 0.05) is 44.8 Å². The van der Waals surface area contributed by atoms with Crippen molar-refractivity contribution in [3.05, 3.63) is 75.5 Å². The van der Waals surface area contributed by atoms with E-state index in [2.05, 4.69) is 20.2 Å². The van der Waals surface area contributed by atoms with Gasteiger partial charge in [-0.15, -0.1) is 0 Å². The maximum atomic E-state index is 14.9. The van der Waals surface area contributed by atoms with E-state index >= 15 is 0 Å². The minimum absolute atomic E-state index is 0.185. The maximum Gasteiger partial charge on any atom is 0.411 e. The first-order valence-corrected chi connectivity index (χ1v) is 12.7. The first-order valence-electron chi connectivity index (χ1n) is 12.7. The largest absolute Gasteiger partial charge is 0.465 e. The van der Waals surface area contributed by atoms with Crippen molar-refractivity contribution in [2.75, 3.05) is 41.8 Å². The van der Waals surface area contributed by atoms with Crippen LogP contribution in [-0.4, -0.2) is 57.3 Å². The second kappa shape index (κ2) is 9.35. The van der Waals surface area contributed by atoms with Gasteiger partial charge in [-0.3, -0.25) is 14.3 Å². The van der Waals surface area contributed by atoms with Gasteiger partial charge >= 0.3 is 6.09 Å². The summed E-state index contributed by atoms with van der Waals surface area (Å²) in [6.07, 6.45) is 1.37. The fourth-order valence-electron chi connectivity index (χ4n) is 5.51. The molecule has 0 spiro atoms. The van der Waals surface area contributed by atoms with E-state index in [1.807, 2.05) is 37.1 Å². The fraction of sp³-hybridized carbons (Fsp3) is 0.286. The van der Waals surface area contributed by atoms with Crippen LogP contribution in [0, 0.1) is 12.7 Å². The fourth-order valence-corrected chi connectivity index (χ4v) is 5.51. The van der Waals surface area contributed by atoms with E-state index in [1.165, 1.54) is 9.47 Å². The molecule has 0 saturated heterocycles. The normalized spacial score (nSPS) is 15.3. The third kappa shape index (κ3) is 4.24. The lowest BCUT2D eigenvalue weighted by atomic mass is 9.99. The molecule has 0 atom stereocenters. The molecule has 39 heavy (non-hydrogen) atoms. The summed E-state index contributed by atoms with van der Waals surface area (Å²) >= 11 is 0. The number of para-hydroxylation sites is 1. The number of pyridine rings is 1. The van der Waals surface area contributed by atoms with Crippen LogP contribution in [-0.2, 0) is 20.0 Å². The Balaban J connectivity index is 1.38. The second-order valence-electron chi connectivity index (χ2n) is 10.1. The van der Waals surface area contributed by atoms with Gasteiger partial charge in [-0.25, -0.2) is 14.2 Å². The van der Waals surface area contributed by atoms with E-state index in [0.717, 1.165) is 36.2 Å². The lowest BCUT2D eigenvalue weighted by Crippen LogP contribution is -2.43. The summed E-state index contributed by atoms with van der Waals surface area (Å²) < 4.78 is 16.3. The average Bonchev–Trinajstić information content (AvgIpc) is 2.91. The summed E-state index contributed by atoms with van der Waals surface area (Å²) in [6.45, 7) is 4.02. The first-order chi connectivity index (χ1) is 18.7. The molecule has 2 aromatic carbocycles. The second-order valence-corrected chi connectivity index (χ2v) is 10.1. The number of anilines is 5. The van der Waals surface area contributed by atoms with Crippen molar-refractivity contribution < 1.29 is 14.3 Å². The highest BCUT2D eigenvalue weighted by Crippen LogP contribution is 2.39. The molecule has 1 amide bonds. The number of carbonyl (C=O) groups is 1. The Morgan fingerprint density at radius 3 is 2.69 bits per heavy atom. The van der Waals surface area contributed by atoms with Gasteiger partial charge in [0.25, 0.3) is 5.56 Å². The number of carboxylic acid groups (broad SMARTS) is 1. The lowest BCUT2D eigenvalue weighted by Gasteiger charge is -2.37. The number of fused-ring (bicyclic) bond motifs is 3. The number of benzene rings is 2. The Labute approximate surface area is 223 Å². The Morgan fingerprint density at radius 2 is 1.90 bits per heavy atom. The predicted octanol–water partition coefficient (Wildman–Crippen LogP) is 4.14. The Hall–Kier alpha value is -4.51. The van der Waals surface area contributed by atoms with Crippen molar-refractivity contribution in [2.45, 2.75) is 19.9 Å². The highest BCUT2D eigenvalue weighted by Gasteiger charge is 2.30. The summed E-state index contributed by atoms with van der Waals surface area (Å²) in [5.74, 6) is -0.190.